The summed E-state index contributed by atoms with van der Waals surface area (Å²) in [6.45, 7) is 0.259. The predicted octanol–water partition coefficient (Wildman–Crippen LogP) is 5.16. The second-order valence-electron chi connectivity index (χ2n) is 9.80. The van der Waals surface area contributed by atoms with Crippen molar-refractivity contribution in [2.75, 3.05) is 10.2 Å². The highest BCUT2D eigenvalue weighted by Gasteiger charge is 2.59. The van der Waals surface area contributed by atoms with Crippen molar-refractivity contribution in [1.82, 2.24) is 0 Å². The lowest BCUT2D eigenvalue weighted by molar-refractivity contribution is -0.383. The van der Waals surface area contributed by atoms with Crippen LogP contribution >= 0.6 is 11.8 Å². The topological polar surface area (TPSA) is 113 Å². The summed E-state index contributed by atoms with van der Waals surface area (Å²) < 4.78 is 0. The molecule has 0 aromatic heterocycles. The van der Waals surface area contributed by atoms with Gasteiger partial charge in [0.1, 0.15) is 5.69 Å². The number of hydrogen-bond acceptors (Lipinski definition) is 7. The van der Waals surface area contributed by atoms with E-state index >= 15 is 0 Å². The highest BCUT2D eigenvalue weighted by molar-refractivity contribution is 7.99. The van der Waals surface area contributed by atoms with Gasteiger partial charge in [-0.3, -0.25) is 19.7 Å². The number of aliphatic hydroxyl groups is 1. The van der Waals surface area contributed by atoms with Crippen LogP contribution in [-0.2, 0) is 22.7 Å². The van der Waals surface area contributed by atoms with Gasteiger partial charge in [-0.1, -0.05) is 60.3 Å². The second kappa shape index (κ2) is 9.74. The number of benzene rings is 3. The van der Waals surface area contributed by atoms with Crippen LogP contribution in [0.3, 0.4) is 0 Å². The molecule has 2 N–H and O–H groups in total. The Kier molecular flexibility index (Phi) is 6.25. The number of nitro benzene ring substituents is 1. The smallest absolute Gasteiger partial charge is 0.294 e. The predicted molar refractivity (Wildman–Crippen MR) is 144 cm³/mol. The van der Waals surface area contributed by atoms with E-state index in [2.05, 4.69) is 5.32 Å². The third-order valence-electron chi connectivity index (χ3n) is 7.71. The molecule has 2 bridgehead atoms. The highest BCUT2D eigenvalue weighted by atomic mass is 32.2. The first-order valence-corrected chi connectivity index (χ1v) is 13.3. The van der Waals surface area contributed by atoms with E-state index in [0.717, 1.165) is 32.2 Å². The van der Waals surface area contributed by atoms with Crippen molar-refractivity contribution in [3.05, 3.63) is 100 Å². The zero-order valence-corrected chi connectivity index (χ0v) is 21.1. The van der Waals surface area contributed by atoms with Crippen molar-refractivity contribution in [3.63, 3.8) is 0 Å². The van der Waals surface area contributed by atoms with Crippen molar-refractivity contribution >= 4 is 40.6 Å². The number of anilines is 2. The van der Waals surface area contributed by atoms with Gasteiger partial charge in [0.15, 0.2) is 0 Å². The normalized spacial score (nSPS) is 23.2. The number of carbonyl (C=O) groups is 2. The van der Waals surface area contributed by atoms with E-state index in [1.807, 2.05) is 60.7 Å². The Morgan fingerprint density at radius 3 is 2.16 bits per heavy atom. The van der Waals surface area contributed by atoms with Crippen LogP contribution in [0.5, 0.6) is 0 Å². The summed E-state index contributed by atoms with van der Waals surface area (Å²) in [6.07, 6.45) is 4.87. The first-order chi connectivity index (χ1) is 18.5. The van der Waals surface area contributed by atoms with Crippen molar-refractivity contribution in [3.8, 4) is 0 Å². The molecule has 38 heavy (non-hydrogen) atoms. The number of carbonyl (C=O) groups excluding carboxylic acids is 2. The van der Waals surface area contributed by atoms with Crippen molar-refractivity contribution in [1.29, 1.82) is 0 Å². The number of rotatable bonds is 8. The molecule has 192 valence electrons. The number of nitrogens with zero attached hydrogens (tertiary/aromatic N) is 2. The van der Waals surface area contributed by atoms with Crippen LogP contribution in [0, 0.1) is 33.8 Å². The molecule has 8 nitrogen and oxygen atoms in total. The number of hydrogen-bond donors (Lipinski definition) is 2. The maximum Gasteiger partial charge on any atom is 0.294 e. The Morgan fingerprint density at radius 1 is 0.921 bits per heavy atom. The minimum Gasteiger partial charge on any atom is -0.392 e. The SMILES string of the molecule is O=C1C2C3C=CC(C3)C2C(=O)N1c1ccc(NCc2ccccc2Sc2ccccc2CO)c([N+](=O)[O-])c1. The van der Waals surface area contributed by atoms with Gasteiger partial charge in [-0.25, -0.2) is 4.90 Å². The fourth-order valence-corrected chi connectivity index (χ4v) is 6.97. The Morgan fingerprint density at radius 2 is 1.53 bits per heavy atom. The second-order valence-corrected chi connectivity index (χ2v) is 10.9. The van der Waals surface area contributed by atoms with Gasteiger partial charge in [-0.05, 0) is 53.6 Å². The lowest BCUT2D eigenvalue weighted by Gasteiger charge is -2.18. The third-order valence-corrected chi connectivity index (χ3v) is 8.95. The van der Waals surface area contributed by atoms with Crippen LogP contribution in [-0.4, -0.2) is 21.8 Å². The Hall–Kier alpha value is -3.95. The first kappa shape index (κ1) is 24.4. The minimum absolute atomic E-state index is 0.0660. The third kappa shape index (κ3) is 4.08. The van der Waals surface area contributed by atoms with Gasteiger partial charge >= 0.3 is 0 Å². The molecular formula is C29H25N3O5S. The van der Waals surface area contributed by atoms with E-state index in [1.165, 1.54) is 17.8 Å². The summed E-state index contributed by atoms with van der Waals surface area (Å²) in [5.41, 5.74) is 2.10. The highest BCUT2D eigenvalue weighted by Crippen LogP contribution is 2.53. The molecule has 0 radical (unpaired) electrons. The Bertz CT molecular complexity index is 1460. The molecule has 4 unspecified atom stereocenters. The molecule has 1 saturated carbocycles. The van der Waals surface area contributed by atoms with Crippen LogP contribution in [0.2, 0.25) is 0 Å². The molecular weight excluding hydrogens is 502 g/mol. The van der Waals surface area contributed by atoms with E-state index in [-0.39, 0.29) is 53.5 Å². The van der Waals surface area contributed by atoms with Gasteiger partial charge < -0.3 is 10.4 Å². The van der Waals surface area contributed by atoms with E-state index in [4.69, 9.17) is 0 Å². The van der Waals surface area contributed by atoms with Gasteiger partial charge in [0, 0.05) is 22.4 Å². The molecule has 2 aliphatic carbocycles. The van der Waals surface area contributed by atoms with E-state index in [1.54, 1.807) is 12.1 Å². The molecule has 1 aliphatic heterocycles. The average molecular weight is 528 g/mol. The monoisotopic (exact) mass is 527 g/mol. The van der Waals surface area contributed by atoms with E-state index in [0.29, 0.717) is 12.2 Å². The zero-order valence-electron chi connectivity index (χ0n) is 20.3. The molecule has 1 saturated heterocycles. The molecule has 3 aromatic rings. The van der Waals surface area contributed by atoms with E-state index in [9.17, 15) is 24.8 Å². The van der Waals surface area contributed by atoms with Crippen LogP contribution in [0.1, 0.15) is 17.5 Å². The average Bonchev–Trinajstić information content (AvgIpc) is 3.62. The molecule has 1 heterocycles. The zero-order chi connectivity index (χ0) is 26.4. The van der Waals surface area contributed by atoms with Crippen molar-refractivity contribution in [2.24, 2.45) is 23.7 Å². The van der Waals surface area contributed by atoms with Crippen LogP contribution in [0.25, 0.3) is 0 Å². The molecule has 4 atom stereocenters. The fourth-order valence-electron chi connectivity index (χ4n) is 5.91. The van der Waals surface area contributed by atoms with Gasteiger partial charge in [0.2, 0.25) is 11.8 Å². The maximum atomic E-state index is 13.2. The molecule has 3 aliphatic rings. The van der Waals surface area contributed by atoms with Gasteiger partial charge in [-0.2, -0.15) is 0 Å². The van der Waals surface area contributed by atoms with Crippen LogP contribution in [0.4, 0.5) is 17.1 Å². The lowest BCUT2D eigenvalue weighted by atomic mass is 9.85. The Balaban J connectivity index is 1.23. The lowest BCUT2D eigenvalue weighted by Crippen LogP contribution is -2.32. The molecule has 2 amide bonds. The van der Waals surface area contributed by atoms with Gasteiger partial charge in [-0.15, -0.1) is 0 Å². The molecule has 9 heteroatoms. The number of aliphatic hydroxyl groups excluding tert-OH is 1. The van der Waals surface area contributed by atoms with Gasteiger partial charge in [0.05, 0.1) is 29.1 Å². The standard InChI is InChI=1S/C29H25N3O5S/c33-16-20-6-2-4-8-25(20)38-24-7-3-1-5-19(24)15-30-22-12-11-21(14-23(22)32(36)37)31-28(34)26-17-9-10-18(13-17)27(26)29(31)35/h1-12,14,17-18,26-27,30,33H,13,15-16H2. The number of nitrogens with one attached hydrogen (secondary N) is 1. The fraction of sp³-hybridized carbons (Fsp3) is 0.241. The number of allylic oxidation sites excluding steroid dienone is 2. The summed E-state index contributed by atoms with van der Waals surface area (Å²) >= 11 is 1.52. The first-order valence-electron chi connectivity index (χ1n) is 12.5. The largest absolute Gasteiger partial charge is 0.392 e. The summed E-state index contributed by atoms with van der Waals surface area (Å²) in [6, 6.07) is 19.8. The number of nitro groups is 1. The molecule has 3 aromatic carbocycles. The summed E-state index contributed by atoms with van der Waals surface area (Å²) in [4.78, 5) is 40.9. The number of amides is 2. The molecule has 0 spiro atoms. The Labute approximate surface area is 223 Å². The van der Waals surface area contributed by atoms with E-state index < -0.39 is 4.92 Å². The number of fused-ring (bicyclic) bond motifs is 5. The van der Waals surface area contributed by atoms with Crippen LogP contribution in [0.15, 0.2) is 88.7 Å². The quantitative estimate of drug-likeness (QED) is 0.180. The minimum atomic E-state index is -0.499. The summed E-state index contributed by atoms with van der Waals surface area (Å²) in [5, 5.41) is 24.8. The molecule has 2 fully saturated rings. The maximum absolute atomic E-state index is 13.2. The summed E-state index contributed by atoms with van der Waals surface area (Å²) in [7, 11) is 0. The van der Waals surface area contributed by atoms with Crippen molar-refractivity contribution in [2.45, 2.75) is 29.4 Å². The van der Waals surface area contributed by atoms with Crippen molar-refractivity contribution < 1.29 is 19.6 Å². The van der Waals surface area contributed by atoms with Gasteiger partial charge in [0.25, 0.3) is 5.69 Å². The molecule has 6 rings (SSSR count). The summed E-state index contributed by atoms with van der Waals surface area (Å²) in [5.74, 6) is -1.10. The number of imide groups is 1. The van der Waals surface area contributed by atoms with Crippen LogP contribution < -0.4 is 10.2 Å².